The second kappa shape index (κ2) is 24.2. The van der Waals surface area contributed by atoms with Crippen molar-refractivity contribution in [3.05, 3.63) is 0 Å². The van der Waals surface area contributed by atoms with Crippen LogP contribution >= 0.6 is 0 Å². The fraction of sp³-hybridized carbons (Fsp3) is 1.00. The van der Waals surface area contributed by atoms with Crippen LogP contribution in [0, 0.1) is 94.7 Å². The van der Waals surface area contributed by atoms with Crippen LogP contribution in [0.4, 0.5) is 0 Å². The van der Waals surface area contributed by atoms with Crippen molar-refractivity contribution in [1.82, 2.24) is 85.1 Å². The molecule has 16 unspecified atom stereocenters. The van der Waals surface area contributed by atoms with Gasteiger partial charge in [0.2, 0.25) is 0 Å². The van der Waals surface area contributed by atoms with Crippen LogP contribution < -0.4 is 85.1 Å². The molecule has 0 aromatic carbocycles. The number of hydrogen-bond donors (Lipinski definition) is 16. The molecule has 18 aliphatic rings. The Morgan fingerprint density at radius 3 is 0.235 bits per heavy atom. The normalized spacial score (nSPS) is 56.9. The summed E-state index contributed by atoms with van der Waals surface area (Å²) in [5.74, 6) is 11.9. The summed E-state index contributed by atoms with van der Waals surface area (Å²) < 4.78 is 0. The van der Waals surface area contributed by atoms with Crippen molar-refractivity contribution in [2.45, 2.75) is 304 Å². The predicted molar refractivity (Wildman–Crippen MR) is 314 cm³/mol. The third-order valence-corrected chi connectivity index (χ3v) is 27.6. The summed E-state index contributed by atoms with van der Waals surface area (Å²) in [6.07, 6.45) is 51.1. The van der Waals surface area contributed by atoms with Crippen molar-refractivity contribution < 1.29 is 25.8 Å². The first-order valence-corrected chi connectivity index (χ1v) is 35.8. The van der Waals surface area contributed by atoms with Crippen LogP contribution in [0.5, 0.6) is 0 Å². The molecule has 10 heterocycles. The zero-order chi connectivity index (χ0) is 52.4. The van der Waals surface area contributed by atoms with Gasteiger partial charge in [-0.25, -0.2) is 0 Å². The van der Waals surface area contributed by atoms with E-state index in [2.05, 4.69) is 85.1 Å². The average Bonchev–Trinajstić information content (AvgIpc) is 4.47. The third kappa shape index (κ3) is 10.5. The molecule has 18 fully saturated rings. The minimum Gasteiger partial charge on any atom is -0.286 e. The van der Waals surface area contributed by atoms with E-state index >= 15 is 0 Å². The minimum atomic E-state index is 0. The molecule has 0 aromatic rings. The van der Waals surface area contributed by atoms with Gasteiger partial charge < -0.3 is 0 Å². The van der Waals surface area contributed by atoms with E-state index in [1.54, 1.807) is 0 Å². The smallest absolute Gasteiger partial charge is 0.0628 e. The van der Waals surface area contributed by atoms with Gasteiger partial charge in [-0.3, -0.25) is 85.1 Å². The Morgan fingerprint density at radius 1 is 0.111 bits per heavy atom. The maximum Gasteiger partial charge on any atom is 0.0628 e. The van der Waals surface area contributed by atoms with Crippen molar-refractivity contribution in [1.29, 1.82) is 0 Å². The minimum absolute atomic E-state index is 0. The standard InChI is InChI=1S/2C32H56N8.Sc/c2*1-2-10-18-17(9-1)25-33-26(18)38-28-21-13-5-6-14-22(21)30(35-28)40-32-24-16-8-7-15-23(24)31(36-32)39-29-20-12-4-3-11-19(20)27(34-29)37-25;/h2*17-40H,1-16H2;. The molecule has 16 nitrogen and oxygen atoms in total. The molecule has 0 amide bonds. The average molecular weight is 1150 g/mol. The zero-order valence-corrected chi connectivity index (χ0v) is 51.5. The summed E-state index contributed by atoms with van der Waals surface area (Å²) in [5, 5.41) is 67.6. The van der Waals surface area contributed by atoms with E-state index < -0.39 is 0 Å². The van der Waals surface area contributed by atoms with Gasteiger partial charge in [0.05, 0.1) is 98.7 Å². The fourth-order valence-electron chi connectivity index (χ4n) is 23.9. The summed E-state index contributed by atoms with van der Waals surface area (Å²) in [4.78, 5) is 0. The Kier molecular flexibility index (Phi) is 16.9. The number of hydrogen-bond acceptors (Lipinski definition) is 16. The molecule has 16 N–H and O–H groups in total. The molecule has 8 aliphatic carbocycles. The van der Waals surface area contributed by atoms with Gasteiger partial charge in [-0.1, -0.05) is 103 Å². The molecule has 8 saturated carbocycles. The van der Waals surface area contributed by atoms with Crippen LogP contribution in [-0.2, 0) is 25.8 Å². The van der Waals surface area contributed by atoms with Crippen LogP contribution in [0.15, 0.2) is 0 Å². The molecule has 0 spiro atoms. The Labute approximate surface area is 506 Å². The number of fused-ring (bicyclic) bond motifs is 40. The van der Waals surface area contributed by atoms with E-state index in [9.17, 15) is 0 Å². The fourth-order valence-corrected chi connectivity index (χ4v) is 23.9. The molecule has 16 bridgehead atoms. The number of rotatable bonds is 0. The van der Waals surface area contributed by atoms with Gasteiger partial charge in [0.15, 0.2) is 0 Å². The van der Waals surface area contributed by atoms with Crippen molar-refractivity contribution in [2.75, 3.05) is 0 Å². The van der Waals surface area contributed by atoms with Crippen LogP contribution in [0.25, 0.3) is 0 Å². The van der Waals surface area contributed by atoms with E-state index in [-0.39, 0.29) is 25.8 Å². The SMILES string of the molecule is C1CCC2C3NC(NC4NC(NC5NC(NC6NC(N3)C3CCCCC63)C3CCCCC53)C3CCCCC43)C2C1.C1CCC2C3NC(NC4NC(NC5NC(NC6NC(N3)C3CCCCC63)C3CCCCC53)C3CCCCC43)C2C1.[Sc]. The van der Waals surface area contributed by atoms with Gasteiger partial charge in [0.25, 0.3) is 0 Å². The van der Waals surface area contributed by atoms with Gasteiger partial charge in [-0.2, -0.15) is 0 Å². The van der Waals surface area contributed by atoms with E-state index in [1.165, 1.54) is 205 Å². The molecule has 1 radical (unpaired) electrons. The monoisotopic (exact) mass is 1150 g/mol. The van der Waals surface area contributed by atoms with Crippen molar-refractivity contribution in [3.63, 3.8) is 0 Å². The van der Waals surface area contributed by atoms with Gasteiger partial charge >= 0.3 is 0 Å². The summed E-state index contributed by atoms with van der Waals surface area (Å²) >= 11 is 0. The van der Waals surface area contributed by atoms with Gasteiger partial charge in [-0.15, -0.1) is 0 Å². The topological polar surface area (TPSA) is 192 Å². The summed E-state index contributed by atoms with van der Waals surface area (Å²) in [6.45, 7) is 0. The molecule has 10 saturated heterocycles. The third-order valence-electron chi connectivity index (χ3n) is 27.6. The predicted octanol–water partition coefficient (Wildman–Crippen LogP) is 5.21. The molecule has 16 atom stereocenters. The van der Waals surface area contributed by atoms with Crippen molar-refractivity contribution in [3.8, 4) is 0 Å². The quantitative estimate of drug-likeness (QED) is 0.151. The maximum absolute atomic E-state index is 4.26. The maximum atomic E-state index is 4.26. The van der Waals surface area contributed by atoms with Crippen LogP contribution in [0.3, 0.4) is 0 Å². The van der Waals surface area contributed by atoms with E-state index in [0.29, 0.717) is 98.7 Å². The van der Waals surface area contributed by atoms with Gasteiger partial charge in [0.1, 0.15) is 0 Å². The summed E-state index contributed by atoms with van der Waals surface area (Å²) in [6, 6.07) is 0. The first-order valence-electron chi connectivity index (χ1n) is 35.8. The first-order chi connectivity index (χ1) is 39.6. The molecule has 0 aromatic heterocycles. The van der Waals surface area contributed by atoms with Crippen LogP contribution in [0.1, 0.15) is 205 Å². The Hall–Kier alpha value is 0.230. The molecule has 451 valence electrons. The van der Waals surface area contributed by atoms with Gasteiger partial charge in [-0.05, 0) is 197 Å². The summed E-state index contributed by atoms with van der Waals surface area (Å²) in [7, 11) is 0. The van der Waals surface area contributed by atoms with Crippen LogP contribution in [0.2, 0.25) is 0 Å². The summed E-state index contributed by atoms with van der Waals surface area (Å²) in [5.41, 5.74) is 0. The Morgan fingerprint density at radius 2 is 0.173 bits per heavy atom. The zero-order valence-electron chi connectivity index (χ0n) is 49.7. The largest absolute Gasteiger partial charge is 0.286 e. The van der Waals surface area contributed by atoms with E-state index in [4.69, 9.17) is 0 Å². The molecular weight excluding hydrogens is 1040 g/mol. The Balaban J connectivity index is 0.000000132. The molecular formula is C64H112N16Sc. The molecule has 17 heteroatoms. The van der Waals surface area contributed by atoms with E-state index in [1.807, 2.05) is 0 Å². The Bertz CT molecular complexity index is 1570. The van der Waals surface area contributed by atoms with Crippen LogP contribution in [-0.4, -0.2) is 98.7 Å². The molecule has 81 heavy (non-hydrogen) atoms. The number of nitrogens with one attached hydrogen (secondary N) is 16. The van der Waals surface area contributed by atoms with E-state index in [0.717, 1.165) is 94.7 Å². The van der Waals surface area contributed by atoms with Crippen molar-refractivity contribution >= 4 is 0 Å². The molecule has 18 rings (SSSR count). The molecule has 10 aliphatic heterocycles. The second-order valence-corrected chi connectivity index (χ2v) is 31.2. The second-order valence-electron chi connectivity index (χ2n) is 31.2. The van der Waals surface area contributed by atoms with Crippen molar-refractivity contribution in [2.24, 2.45) is 94.7 Å². The van der Waals surface area contributed by atoms with Gasteiger partial charge in [0, 0.05) is 25.8 Å². The first kappa shape index (κ1) is 56.5.